The largest absolute Gasteiger partial charge is 0.376 e. The monoisotopic (exact) mass is 251 g/mol. The predicted molar refractivity (Wildman–Crippen MR) is 79.8 cm³/mol. The first-order valence-electron chi connectivity index (χ1n) is 5.82. The molecular weight excluding hydrogens is 230 g/mol. The number of nitrogens with one attached hydrogen (secondary N) is 2. The number of para-hydroxylation sites is 2. The van der Waals surface area contributed by atoms with Crippen LogP contribution in [0.2, 0.25) is 0 Å². The maximum absolute atomic E-state index is 5.26. The third kappa shape index (κ3) is 4.61. The van der Waals surface area contributed by atoms with Crippen molar-refractivity contribution in [2.45, 2.75) is 13.8 Å². The van der Waals surface area contributed by atoms with Gasteiger partial charge in [-0.25, -0.2) is 0 Å². The Morgan fingerprint density at radius 2 is 1.94 bits per heavy atom. The van der Waals surface area contributed by atoms with Gasteiger partial charge in [-0.2, -0.15) is 0 Å². The van der Waals surface area contributed by atoms with E-state index in [1.807, 2.05) is 32.3 Å². The first-order chi connectivity index (χ1) is 8.00. The van der Waals surface area contributed by atoms with E-state index in [2.05, 4.69) is 35.4 Å². The van der Waals surface area contributed by atoms with Crippen LogP contribution in [0.1, 0.15) is 13.8 Å². The van der Waals surface area contributed by atoms with Gasteiger partial charge in [0.25, 0.3) is 0 Å². The molecule has 0 aliphatic carbocycles. The van der Waals surface area contributed by atoms with Gasteiger partial charge in [-0.05, 0) is 30.3 Å². The number of anilines is 2. The van der Waals surface area contributed by atoms with Gasteiger partial charge in [-0.15, -0.1) is 0 Å². The number of benzene rings is 1. The summed E-state index contributed by atoms with van der Waals surface area (Å²) in [6.45, 7) is 5.20. The zero-order valence-corrected chi connectivity index (χ0v) is 11.8. The van der Waals surface area contributed by atoms with E-state index in [1.54, 1.807) is 0 Å². The minimum Gasteiger partial charge on any atom is -0.376 e. The van der Waals surface area contributed by atoms with Crippen molar-refractivity contribution in [2.75, 3.05) is 30.9 Å². The van der Waals surface area contributed by atoms with Crippen molar-refractivity contribution in [2.24, 2.45) is 5.92 Å². The molecule has 0 aliphatic heterocycles. The fraction of sp³-hybridized carbons (Fsp3) is 0.462. The Kier molecular flexibility index (Phi) is 5.22. The van der Waals surface area contributed by atoms with Crippen LogP contribution >= 0.6 is 12.2 Å². The van der Waals surface area contributed by atoms with Gasteiger partial charge < -0.3 is 15.5 Å². The molecule has 0 aromatic heterocycles. The van der Waals surface area contributed by atoms with E-state index in [9.17, 15) is 0 Å². The van der Waals surface area contributed by atoms with Crippen molar-refractivity contribution in [3.8, 4) is 0 Å². The summed E-state index contributed by atoms with van der Waals surface area (Å²) < 4.78 is 0. The van der Waals surface area contributed by atoms with Gasteiger partial charge >= 0.3 is 0 Å². The number of rotatable bonds is 4. The third-order valence-electron chi connectivity index (χ3n) is 2.30. The van der Waals surface area contributed by atoms with E-state index in [1.165, 1.54) is 0 Å². The van der Waals surface area contributed by atoms with E-state index in [-0.39, 0.29) is 0 Å². The van der Waals surface area contributed by atoms with E-state index in [4.69, 9.17) is 12.2 Å². The molecule has 0 saturated carbocycles. The normalized spacial score (nSPS) is 10.2. The molecule has 3 nitrogen and oxygen atoms in total. The van der Waals surface area contributed by atoms with Crippen LogP contribution in [0.15, 0.2) is 24.3 Å². The highest BCUT2D eigenvalue weighted by molar-refractivity contribution is 7.80. The fourth-order valence-corrected chi connectivity index (χ4v) is 1.63. The standard InChI is InChI=1S/C13H21N3S/c1-10(2)9-14-13(17)15-11-7-5-6-8-12(11)16(3)4/h5-8,10H,9H2,1-4H3,(H2,14,15,17). The Hall–Kier alpha value is -1.29. The number of nitrogens with zero attached hydrogens (tertiary/aromatic N) is 1. The Balaban J connectivity index is 2.65. The highest BCUT2D eigenvalue weighted by Gasteiger charge is 2.05. The predicted octanol–water partition coefficient (Wildman–Crippen LogP) is 2.70. The summed E-state index contributed by atoms with van der Waals surface area (Å²) in [6.07, 6.45) is 0. The van der Waals surface area contributed by atoms with Crippen LogP contribution in [-0.2, 0) is 0 Å². The van der Waals surface area contributed by atoms with Crippen molar-refractivity contribution < 1.29 is 0 Å². The summed E-state index contributed by atoms with van der Waals surface area (Å²) in [6, 6.07) is 8.11. The lowest BCUT2D eigenvalue weighted by Gasteiger charge is -2.19. The van der Waals surface area contributed by atoms with Gasteiger partial charge in [0.15, 0.2) is 5.11 Å². The molecule has 0 heterocycles. The van der Waals surface area contributed by atoms with Crippen LogP contribution in [0, 0.1) is 5.92 Å². The summed E-state index contributed by atoms with van der Waals surface area (Å²) in [5, 5.41) is 7.10. The highest BCUT2D eigenvalue weighted by atomic mass is 32.1. The van der Waals surface area contributed by atoms with Crippen LogP contribution < -0.4 is 15.5 Å². The second-order valence-corrected chi connectivity index (χ2v) is 5.05. The molecule has 0 unspecified atom stereocenters. The molecule has 0 amide bonds. The SMILES string of the molecule is CC(C)CNC(=S)Nc1ccccc1N(C)C. The quantitative estimate of drug-likeness (QED) is 0.805. The van der Waals surface area contributed by atoms with E-state index in [0.717, 1.165) is 17.9 Å². The molecule has 0 aliphatic rings. The molecule has 0 atom stereocenters. The lowest BCUT2D eigenvalue weighted by molar-refractivity contribution is 0.627. The molecule has 0 fully saturated rings. The number of hydrogen-bond donors (Lipinski definition) is 2. The van der Waals surface area contributed by atoms with Crippen LogP contribution in [0.3, 0.4) is 0 Å². The summed E-state index contributed by atoms with van der Waals surface area (Å²) in [4.78, 5) is 2.06. The molecule has 0 saturated heterocycles. The van der Waals surface area contributed by atoms with Crippen LogP contribution in [0.25, 0.3) is 0 Å². The van der Waals surface area contributed by atoms with Gasteiger partial charge in [0, 0.05) is 20.6 Å². The van der Waals surface area contributed by atoms with Gasteiger partial charge in [0.05, 0.1) is 11.4 Å². The van der Waals surface area contributed by atoms with Gasteiger partial charge in [-0.1, -0.05) is 26.0 Å². The molecular formula is C13H21N3S. The van der Waals surface area contributed by atoms with Gasteiger partial charge in [0.2, 0.25) is 0 Å². The van der Waals surface area contributed by atoms with Crippen LogP contribution in [-0.4, -0.2) is 25.8 Å². The van der Waals surface area contributed by atoms with Gasteiger partial charge in [-0.3, -0.25) is 0 Å². The van der Waals surface area contributed by atoms with Crippen molar-refractivity contribution >= 4 is 28.7 Å². The summed E-state index contributed by atoms with van der Waals surface area (Å²) in [5.41, 5.74) is 2.15. The molecule has 94 valence electrons. The van der Waals surface area contributed by atoms with Gasteiger partial charge in [0.1, 0.15) is 0 Å². The topological polar surface area (TPSA) is 27.3 Å². The lowest BCUT2D eigenvalue weighted by atomic mass is 10.2. The zero-order valence-electron chi connectivity index (χ0n) is 10.9. The maximum atomic E-state index is 5.26. The molecule has 1 aromatic carbocycles. The number of thiocarbonyl (C=S) groups is 1. The first-order valence-corrected chi connectivity index (χ1v) is 6.22. The van der Waals surface area contributed by atoms with E-state index in [0.29, 0.717) is 11.0 Å². The summed E-state index contributed by atoms with van der Waals surface area (Å²) in [7, 11) is 4.04. The van der Waals surface area contributed by atoms with Crippen molar-refractivity contribution in [1.82, 2.24) is 5.32 Å². The lowest BCUT2D eigenvalue weighted by Crippen LogP contribution is -2.31. The molecule has 4 heteroatoms. The third-order valence-corrected chi connectivity index (χ3v) is 2.55. The molecule has 17 heavy (non-hydrogen) atoms. The van der Waals surface area contributed by atoms with E-state index < -0.39 is 0 Å². The first kappa shape index (κ1) is 13.8. The van der Waals surface area contributed by atoms with Crippen LogP contribution in [0.5, 0.6) is 0 Å². The van der Waals surface area contributed by atoms with Crippen molar-refractivity contribution in [3.05, 3.63) is 24.3 Å². The zero-order chi connectivity index (χ0) is 12.8. The second-order valence-electron chi connectivity index (χ2n) is 4.64. The maximum Gasteiger partial charge on any atom is 0.170 e. The fourth-order valence-electron chi connectivity index (χ4n) is 1.43. The number of hydrogen-bond acceptors (Lipinski definition) is 2. The summed E-state index contributed by atoms with van der Waals surface area (Å²) >= 11 is 5.26. The molecule has 0 spiro atoms. The van der Waals surface area contributed by atoms with Crippen molar-refractivity contribution in [3.63, 3.8) is 0 Å². The molecule has 2 N–H and O–H groups in total. The average Bonchev–Trinajstić information content (AvgIpc) is 2.27. The second kappa shape index (κ2) is 6.45. The Bertz CT molecular complexity index is 375. The molecule has 1 rings (SSSR count). The molecule has 0 bridgehead atoms. The Morgan fingerprint density at radius 3 is 2.53 bits per heavy atom. The molecule has 0 radical (unpaired) electrons. The van der Waals surface area contributed by atoms with Crippen LogP contribution in [0.4, 0.5) is 11.4 Å². The Morgan fingerprint density at radius 1 is 1.29 bits per heavy atom. The minimum absolute atomic E-state index is 0.582. The average molecular weight is 251 g/mol. The van der Waals surface area contributed by atoms with Crippen molar-refractivity contribution in [1.29, 1.82) is 0 Å². The van der Waals surface area contributed by atoms with E-state index >= 15 is 0 Å². The molecule has 1 aromatic rings. The Labute approximate surface area is 109 Å². The highest BCUT2D eigenvalue weighted by Crippen LogP contribution is 2.23. The summed E-state index contributed by atoms with van der Waals surface area (Å²) in [5.74, 6) is 0.582. The smallest absolute Gasteiger partial charge is 0.170 e. The minimum atomic E-state index is 0.582.